The van der Waals surface area contributed by atoms with Gasteiger partial charge in [-0.3, -0.25) is 4.79 Å². The van der Waals surface area contributed by atoms with Crippen LogP contribution in [0.5, 0.6) is 0 Å². The molecule has 1 aromatic carbocycles. The molecule has 0 bridgehead atoms. The second-order valence-corrected chi connectivity index (χ2v) is 8.81. The smallest absolute Gasteiger partial charge is 0.244 e. The number of carbonyl (C=O) groups excluding carboxylic acids is 1. The minimum atomic E-state index is -3.45. The van der Waals surface area contributed by atoms with Crippen LogP contribution in [0.2, 0.25) is 0 Å². The molecule has 26 heavy (non-hydrogen) atoms. The van der Waals surface area contributed by atoms with Crippen LogP contribution in [-0.4, -0.2) is 37.8 Å². The fourth-order valence-corrected chi connectivity index (χ4v) is 4.04. The molecule has 0 spiro atoms. The van der Waals surface area contributed by atoms with Crippen LogP contribution in [0.1, 0.15) is 53.0 Å². The molecule has 1 atom stereocenters. The average molecular weight is 381 g/mol. The maximum absolute atomic E-state index is 12.4. The van der Waals surface area contributed by atoms with E-state index >= 15 is 0 Å². The predicted molar refractivity (Wildman–Crippen MR) is 107 cm³/mol. The topological polar surface area (TPSA) is 66.5 Å². The van der Waals surface area contributed by atoms with Crippen LogP contribution in [0.25, 0.3) is 6.08 Å². The second kappa shape index (κ2) is 10.5. The average Bonchev–Trinajstić information content (AvgIpc) is 2.59. The number of benzene rings is 1. The van der Waals surface area contributed by atoms with Gasteiger partial charge < -0.3 is 5.32 Å². The summed E-state index contributed by atoms with van der Waals surface area (Å²) in [6.07, 6.45) is 5.21. The van der Waals surface area contributed by atoms with Crippen molar-refractivity contribution in [3.05, 3.63) is 35.9 Å². The molecule has 0 fully saturated rings. The number of nitrogens with one attached hydrogen (secondary N) is 1. The lowest BCUT2D eigenvalue weighted by atomic mass is 10.0. The van der Waals surface area contributed by atoms with E-state index in [1.165, 1.54) is 10.4 Å². The molecule has 5 nitrogen and oxygen atoms in total. The van der Waals surface area contributed by atoms with E-state index in [2.05, 4.69) is 19.2 Å². The maximum Gasteiger partial charge on any atom is 0.244 e. The van der Waals surface area contributed by atoms with Gasteiger partial charge in [0.1, 0.15) is 0 Å². The third-order valence-electron chi connectivity index (χ3n) is 4.22. The quantitative estimate of drug-likeness (QED) is 0.630. The first-order chi connectivity index (χ1) is 12.2. The van der Waals surface area contributed by atoms with Gasteiger partial charge in [0.2, 0.25) is 15.9 Å². The van der Waals surface area contributed by atoms with E-state index in [0.717, 1.165) is 18.4 Å². The van der Waals surface area contributed by atoms with Crippen molar-refractivity contribution in [2.75, 3.05) is 13.1 Å². The van der Waals surface area contributed by atoms with Gasteiger partial charge in [0.25, 0.3) is 0 Å². The van der Waals surface area contributed by atoms with Crippen molar-refractivity contribution in [3.63, 3.8) is 0 Å². The van der Waals surface area contributed by atoms with Crippen LogP contribution in [-0.2, 0) is 14.8 Å². The molecule has 0 aromatic heterocycles. The fraction of sp³-hybridized carbons (Fsp3) is 0.550. The first kappa shape index (κ1) is 22.4. The molecule has 1 unspecified atom stereocenters. The molecule has 0 aliphatic carbocycles. The summed E-state index contributed by atoms with van der Waals surface area (Å²) in [5.41, 5.74) is 0.786. The van der Waals surface area contributed by atoms with Gasteiger partial charge in [-0.1, -0.05) is 39.8 Å². The summed E-state index contributed by atoms with van der Waals surface area (Å²) in [7, 11) is -3.45. The zero-order chi connectivity index (χ0) is 19.7. The molecule has 1 amide bonds. The monoisotopic (exact) mass is 380 g/mol. The van der Waals surface area contributed by atoms with E-state index in [-0.39, 0.29) is 16.8 Å². The maximum atomic E-state index is 12.4. The molecule has 0 aliphatic rings. The molecule has 6 heteroatoms. The van der Waals surface area contributed by atoms with Crippen molar-refractivity contribution < 1.29 is 13.2 Å². The normalized spacial score (nSPS) is 13.5. The Kier molecular flexibility index (Phi) is 9.02. The van der Waals surface area contributed by atoms with Crippen LogP contribution < -0.4 is 5.32 Å². The first-order valence-corrected chi connectivity index (χ1v) is 10.7. The SMILES string of the molecule is CCN(CC)S(=O)(=O)c1ccc(/C=C/C(=O)NC(C)CCC(C)C)cc1. The lowest BCUT2D eigenvalue weighted by molar-refractivity contribution is -0.117. The number of hydrogen-bond donors (Lipinski definition) is 1. The zero-order valence-electron chi connectivity index (χ0n) is 16.5. The minimum Gasteiger partial charge on any atom is -0.350 e. The summed E-state index contributed by atoms with van der Waals surface area (Å²) in [6.45, 7) is 10.8. The van der Waals surface area contributed by atoms with Gasteiger partial charge in [0.05, 0.1) is 4.90 Å². The number of nitrogens with zero attached hydrogens (tertiary/aromatic N) is 1. The Morgan fingerprint density at radius 3 is 2.15 bits per heavy atom. The molecular formula is C20H32N2O3S. The highest BCUT2D eigenvalue weighted by atomic mass is 32.2. The highest BCUT2D eigenvalue weighted by Crippen LogP contribution is 2.16. The number of hydrogen-bond acceptors (Lipinski definition) is 3. The Morgan fingerprint density at radius 1 is 1.08 bits per heavy atom. The number of amides is 1. The van der Waals surface area contributed by atoms with Gasteiger partial charge in [-0.15, -0.1) is 0 Å². The molecule has 0 saturated carbocycles. The molecule has 0 heterocycles. The Hall–Kier alpha value is -1.66. The lowest BCUT2D eigenvalue weighted by Gasteiger charge is -2.18. The number of sulfonamides is 1. The lowest BCUT2D eigenvalue weighted by Crippen LogP contribution is -2.31. The largest absolute Gasteiger partial charge is 0.350 e. The van der Waals surface area contributed by atoms with Crippen molar-refractivity contribution in [2.24, 2.45) is 5.92 Å². The number of rotatable bonds is 10. The van der Waals surface area contributed by atoms with Gasteiger partial charge in [0.15, 0.2) is 0 Å². The van der Waals surface area contributed by atoms with E-state index in [0.29, 0.717) is 19.0 Å². The summed E-state index contributed by atoms with van der Waals surface area (Å²) >= 11 is 0. The van der Waals surface area contributed by atoms with E-state index in [1.54, 1.807) is 30.3 Å². The predicted octanol–water partition coefficient (Wildman–Crippen LogP) is 3.67. The third kappa shape index (κ3) is 6.92. The zero-order valence-corrected chi connectivity index (χ0v) is 17.3. The van der Waals surface area contributed by atoms with Crippen LogP contribution in [0, 0.1) is 5.92 Å². The summed E-state index contributed by atoms with van der Waals surface area (Å²) < 4.78 is 26.3. The highest BCUT2D eigenvalue weighted by Gasteiger charge is 2.20. The second-order valence-electron chi connectivity index (χ2n) is 6.87. The van der Waals surface area contributed by atoms with E-state index in [4.69, 9.17) is 0 Å². The highest BCUT2D eigenvalue weighted by molar-refractivity contribution is 7.89. The van der Waals surface area contributed by atoms with Crippen LogP contribution in [0.3, 0.4) is 0 Å². The van der Waals surface area contributed by atoms with Crippen molar-refractivity contribution in [3.8, 4) is 0 Å². The van der Waals surface area contributed by atoms with Crippen LogP contribution in [0.15, 0.2) is 35.2 Å². The minimum absolute atomic E-state index is 0.135. The molecular weight excluding hydrogens is 348 g/mol. The Morgan fingerprint density at radius 2 is 1.65 bits per heavy atom. The van der Waals surface area contributed by atoms with E-state index in [9.17, 15) is 13.2 Å². The van der Waals surface area contributed by atoms with Gasteiger partial charge >= 0.3 is 0 Å². The molecule has 1 aromatic rings. The standard InChI is InChI=1S/C20H32N2O3S/c1-6-22(7-2)26(24,25)19-13-10-18(11-14-19)12-15-20(23)21-17(5)9-8-16(3)4/h10-17H,6-9H2,1-5H3,(H,21,23)/b15-12+. The molecule has 0 radical (unpaired) electrons. The van der Waals surface area contributed by atoms with Gasteiger partial charge in [0, 0.05) is 25.2 Å². The summed E-state index contributed by atoms with van der Waals surface area (Å²) in [4.78, 5) is 12.2. The van der Waals surface area contributed by atoms with Crippen molar-refractivity contribution in [1.29, 1.82) is 0 Å². The van der Waals surface area contributed by atoms with Crippen LogP contribution in [0.4, 0.5) is 0 Å². The molecule has 0 saturated heterocycles. The van der Waals surface area contributed by atoms with E-state index < -0.39 is 10.0 Å². The van der Waals surface area contributed by atoms with Gasteiger partial charge in [-0.25, -0.2) is 8.42 Å². The van der Waals surface area contributed by atoms with Crippen molar-refractivity contribution in [2.45, 2.75) is 58.4 Å². The summed E-state index contributed by atoms with van der Waals surface area (Å²) in [6, 6.07) is 6.72. The summed E-state index contributed by atoms with van der Waals surface area (Å²) in [5.74, 6) is 0.483. The molecule has 146 valence electrons. The fourth-order valence-electron chi connectivity index (χ4n) is 2.58. The molecule has 0 aliphatic heterocycles. The van der Waals surface area contributed by atoms with Gasteiger partial charge in [-0.05, 0) is 49.5 Å². The molecule has 1 rings (SSSR count). The van der Waals surface area contributed by atoms with Crippen LogP contribution >= 0.6 is 0 Å². The Balaban J connectivity index is 2.69. The summed E-state index contributed by atoms with van der Waals surface area (Å²) in [5, 5.41) is 2.94. The van der Waals surface area contributed by atoms with Crippen molar-refractivity contribution in [1.82, 2.24) is 9.62 Å². The van der Waals surface area contributed by atoms with E-state index in [1.807, 2.05) is 20.8 Å². The Bertz CT molecular complexity index is 690. The van der Waals surface area contributed by atoms with Crippen molar-refractivity contribution >= 4 is 22.0 Å². The first-order valence-electron chi connectivity index (χ1n) is 9.29. The Labute approximate surface area is 158 Å². The molecule has 1 N–H and O–H groups in total. The third-order valence-corrected chi connectivity index (χ3v) is 6.28. The number of carbonyl (C=O) groups is 1. The van der Waals surface area contributed by atoms with Gasteiger partial charge in [-0.2, -0.15) is 4.31 Å².